The van der Waals surface area contributed by atoms with E-state index in [-0.39, 0.29) is 12.2 Å². The highest BCUT2D eigenvalue weighted by atomic mass is 19.4. The minimum absolute atomic E-state index is 0.115. The molecule has 2 heterocycles. The van der Waals surface area contributed by atoms with Gasteiger partial charge in [0.1, 0.15) is 6.54 Å². The van der Waals surface area contributed by atoms with Crippen molar-refractivity contribution in [3.8, 4) is 0 Å². The zero-order valence-electron chi connectivity index (χ0n) is 11.1. The lowest BCUT2D eigenvalue weighted by Gasteiger charge is -2.16. The molecule has 1 amide bonds. The Morgan fingerprint density at radius 2 is 2.14 bits per heavy atom. The molecule has 11 heteroatoms. The van der Waals surface area contributed by atoms with Crippen molar-refractivity contribution in [1.82, 2.24) is 14.6 Å². The molecule has 2 N–H and O–H groups in total. The quantitative estimate of drug-likeness (QED) is 0.863. The van der Waals surface area contributed by atoms with Gasteiger partial charge < -0.3 is 10.0 Å². The van der Waals surface area contributed by atoms with Crippen LogP contribution >= 0.6 is 0 Å². The molecule has 2 rings (SSSR count). The number of fused-ring (bicyclic) bond motifs is 1. The molecule has 0 aromatic carbocycles. The van der Waals surface area contributed by atoms with E-state index in [0.717, 1.165) is 4.52 Å². The summed E-state index contributed by atoms with van der Waals surface area (Å²) in [5, 5.41) is 14.0. The highest BCUT2D eigenvalue weighted by Gasteiger charge is 2.39. The highest BCUT2D eigenvalue weighted by molar-refractivity contribution is 5.93. The largest absolute Gasteiger partial charge is 0.480 e. The van der Waals surface area contributed by atoms with Crippen LogP contribution in [0, 0.1) is 0 Å². The molecule has 0 aliphatic carbocycles. The zero-order chi connectivity index (χ0) is 16.5. The number of carbonyl (C=O) groups excluding carboxylic acids is 1. The van der Waals surface area contributed by atoms with Crippen molar-refractivity contribution in [2.45, 2.75) is 6.18 Å². The fourth-order valence-electron chi connectivity index (χ4n) is 1.70. The molecule has 0 saturated heterocycles. The monoisotopic (exact) mass is 317 g/mol. The predicted octanol–water partition coefficient (Wildman–Crippen LogP) is 0.751. The summed E-state index contributed by atoms with van der Waals surface area (Å²) in [6.07, 6.45) is -3.65. The number of nitrogens with one attached hydrogen (secondary N) is 1. The lowest BCUT2D eigenvalue weighted by molar-refractivity contribution is -0.167. The molecule has 0 radical (unpaired) electrons. The second-order valence-corrected chi connectivity index (χ2v) is 4.30. The van der Waals surface area contributed by atoms with Crippen molar-refractivity contribution in [2.75, 3.05) is 23.8 Å². The van der Waals surface area contributed by atoms with E-state index in [2.05, 4.69) is 10.1 Å². The van der Waals surface area contributed by atoms with Crippen LogP contribution in [0.25, 0.3) is 5.65 Å². The fourth-order valence-corrected chi connectivity index (χ4v) is 1.70. The molecule has 0 unspecified atom stereocenters. The Morgan fingerprint density at radius 3 is 2.73 bits per heavy atom. The Morgan fingerprint density at radius 1 is 1.45 bits per heavy atom. The number of alkyl halides is 3. The number of anilines is 2. The molecule has 0 saturated carbocycles. The van der Waals surface area contributed by atoms with Gasteiger partial charge in [-0.2, -0.15) is 18.2 Å². The van der Waals surface area contributed by atoms with Gasteiger partial charge in [-0.05, 0) is 12.1 Å². The molecule has 0 bridgehead atoms. The van der Waals surface area contributed by atoms with Crippen molar-refractivity contribution >= 4 is 29.2 Å². The van der Waals surface area contributed by atoms with Gasteiger partial charge in [0.25, 0.3) is 0 Å². The number of carboxylic acids is 1. The number of halogens is 3. The summed E-state index contributed by atoms with van der Waals surface area (Å²) < 4.78 is 37.7. The molecule has 0 aliphatic heterocycles. The van der Waals surface area contributed by atoms with Crippen LogP contribution in [0.3, 0.4) is 0 Å². The molecule has 22 heavy (non-hydrogen) atoms. The normalized spacial score (nSPS) is 11.5. The van der Waals surface area contributed by atoms with Crippen LogP contribution in [0.2, 0.25) is 0 Å². The van der Waals surface area contributed by atoms with Gasteiger partial charge in [-0.1, -0.05) is 0 Å². The first-order chi connectivity index (χ1) is 10.2. The molecule has 8 nitrogen and oxygen atoms in total. The number of carboxylic acid groups (broad SMARTS) is 1. The van der Waals surface area contributed by atoms with E-state index in [0.29, 0.717) is 5.69 Å². The van der Waals surface area contributed by atoms with Crippen molar-refractivity contribution in [3.63, 3.8) is 0 Å². The second-order valence-electron chi connectivity index (χ2n) is 4.30. The van der Waals surface area contributed by atoms with E-state index in [1.165, 1.54) is 35.6 Å². The Labute approximate surface area is 121 Å². The van der Waals surface area contributed by atoms with Gasteiger partial charge in [0.15, 0.2) is 5.65 Å². The minimum Gasteiger partial charge on any atom is -0.480 e. The molecule has 0 aliphatic rings. The van der Waals surface area contributed by atoms with Gasteiger partial charge in [0, 0.05) is 13.2 Å². The van der Waals surface area contributed by atoms with Crippen LogP contribution in [0.15, 0.2) is 18.3 Å². The molecule has 0 spiro atoms. The first-order valence-electron chi connectivity index (χ1n) is 5.85. The zero-order valence-corrected chi connectivity index (χ0v) is 11.1. The smallest absolute Gasteiger partial charge is 0.471 e. The van der Waals surface area contributed by atoms with E-state index in [4.69, 9.17) is 5.11 Å². The van der Waals surface area contributed by atoms with Gasteiger partial charge in [-0.25, -0.2) is 4.52 Å². The molecule has 0 fully saturated rings. The van der Waals surface area contributed by atoms with E-state index in [9.17, 15) is 22.8 Å². The number of aromatic nitrogens is 3. The van der Waals surface area contributed by atoms with Gasteiger partial charge >= 0.3 is 18.1 Å². The van der Waals surface area contributed by atoms with E-state index >= 15 is 0 Å². The Hall–Kier alpha value is -2.85. The third-order valence-corrected chi connectivity index (χ3v) is 2.61. The summed E-state index contributed by atoms with van der Waals surface area (Å²) in [5.74, 6) is -3.81. The topological polar surface area (TPSA) is 99.8 Å². The van der Waals surface area contributed by atoms with Gasteiger partial charge in [-0.15, -0.1) is 5.10 Å². The van der Waals surface area contributed by atoms with Crippen molar-refractivity contribution < 1.29 is 27.9 Å². The number of aliphatic carboxylic acids is 1. The molecule has 2 aromatic rings. The maximum absolute atomic E-state index is 12.2. The Bertz CT molecular complexity index is 727. The third-order valence-electron chi connectivity index (χ3n) is 2.61. The van der Waals surface area contributed by atoms with Gasteiger partial charge in [0.05, 0.1) is 5.69 Å². The highest BCUT2D eigenvalue weighted by Crippen LogP contribution is 2.21. The SMILES string of the molecule is CN(CC(=O)O)c1cccn2nc(NC(=O)C(F)(F)F)nc12. The summed E-state index contributed by atoms with van der Waals surface area (Å²) in [5.41, 5.74) is 0.452. The molecule has 0 atom stereocenters. The van der Waals surface area contributed by atoms with E-state index < -0.39 is 24.0 Å². The second kappa shape index (κ2) is 5.50. The number of hydrogen-bond donors (Lipinski definition) is 2. The standard InChI is InChI=1S/C11H10F3N5O3/c1-18(5-7(20)21)6-3-2-4-19-8(6)15-10(17-19)16-9(22)11(12,13)14/h2-4H,5H2,1H3,(H,20,21)(H,16,17,22). The summed E-state index contributed by atoms with van der Waals surface area (Å²) in [4.78, 5) is 26.7. The number of rotatable bonds is 4. The first kappa shape index (κ1) is 15.5. The van der Waals surface area contributed by atoms with E-state index in [1.54, 1.807) is 0 Å². The van der Waals surface area contributed by atoms with Crippen LogP contribution in [0.5, 0.6) is 0 Å². The van der Waals surface area contributed by atoms with Crippen LogP contribution in [0.1, 0.15) is 0 Å². The average molecular weight is 317 g/mol. The van der Waals surface area contributed by atoms with Crippen LogP contribution in [0.4, 0.5) is 24.8 Å². The number of nitrogens with zero attached hydrogens (tertiary/aromatic N) is 4. The van der Waals surface area contributed by atoms with Crippen LogP contribution in [-0.4, -0.2) is 51.3 Å². The van der Waals surface area contributed by atoms with E-state index in [1.807, 2.05) is 0 Å². The van der Waals surface area contributed by atoms with Crippen LogP contribution < -0.4 is 10.2 Å². The lowest BCUT2D eigenvalue weighted by atomic mass is 10.3. The summed E-state index contributed by atoms with van der Waals surface area (Å²) >= 11 is 0. The molecule has 2 aromatic heterocycles. The minimum atomic E-state index is -5.06. The number of carbonyl (C=O) groups is 2. The van der Waals surface area contributed by atoms with Crippen molar-refractivity contribution in [1.29, 1.82) is 0 Å². The molecular formula is C11H10F3N5O3. The maximum Gasteiger partial charge on any atom is 0.471 e. The van der Waals surface area contributed by atoms with Crippen molar-refractivity contribution in [3.05, 3.63) is 18.3 Å². The summed E-state index contributed by atoms with van der Waals surface area (Å²) in [7, 11) is 1.48. The maximum atomic E-state index is 12.2. The predicted molar refractivity (Wildman–Crippen MR) is 68.6 cm³/mol. The Balaban J connectivity index is 2.34. The lowest BCUT2D eigenvalue weighted by Crippen LogP contribution is -2.30. The molecular weight excluding hydrogens is 307 g/mol. The summed E-state index contributed by atoms with van der Waals surface area (Å²) in [6, 6.07) is 3.05. The van der Waals surface area contributed by atoms with Crippen LogP contribution in [-0.2, 0) is 9.59 Å². The number of amides is 1. The number of hydrogen-bond acceptors (Lipinski definition) is 5. The van der Waals surface area contributed by atoms with Gasteiger partial charge in [0.2, 0.25) is 5.95 Å². The molecule has 118 valence electrons. The number of pyridine rings is 1. The fraction of sp³-hybridized carbons (Fsp3) is 0.273. The Kier molecular flexibility index (Phi) is 3.89. The average Bonchev–Trinajstić information content (AvgIpc) is 2.78. The first-order valence-corrected chi connectivity index (χ1v) is 5.85. The summed E-state index contributed by atoms with van der Waals surface area (Å²) in [6.45, 7) is -0.337. The van der Waals surface area contributed by atoms with Crippen molar-refractivity contribution in [2.24, 2.45) is 0 Å². The third kappa shape index (κ3) is 3.24. The van der Waals surface area contributed by atoms with Gasteiger partial charge in [-0.3, -0.25) is 14.9 Å². The number of likely N-dealkylation sites (N-methyl/N-ethyl adjacent to an activating group) is 1.